The molecule has 1 amide bonds. The van der Waals surface area contributed by atoms with E-state index in [-0.39, 0.29) is 11.9 Å². The predicted octanol–water partition coefficient (Wildman–Crippen LogP) is 3.43. The summed E-state index contributed by atoms with van der Waals surface area (Å²) in [6.07, 6.45) is 2.22. The minimum Gasteiger partial charge on any atom is -0.324 e. The summed E-state index contributed by atoms with van der Waals surface area (Å²) in [6.45, 7) is 3.00. The zero-order valence-electron chi connectivity index (χ0n) is 10.2. The Kier molecular flexibility index (Phi) is 4.65. The van der Waals surface area contributed by atoms with E-state index in [0.29, 0.717) is 16.6 Å². The number of amides is 1. The maximum absolute atomic E-state index is 12.2. The van der Waals surface area contributed by atoms with Gasteiger partial charge in [-0.1, -0.05) is 24.6 Å². The standard InChI is InChI=1S/C13H16BrClN2O/c1-8-4-3-7-16-12(8)13(18)17-10-6-2-5-9(15)11(10)14/h2,5-6,8,12,16H,3-4,7H2,1H3,(H,17,18). The lowest BCUT2D eigenvalue weighted by atomic mass is 9.92. The molecule has 1 aromatic rings. The number of halogens is 2. The molecule has 1 saturated heterocycles. The van der Waals surface area contributed by atoms with E-state index in [9.17, 15) is 4.79 Å². The van der Waals surface area contributed by atoms with Crippen molar-refractivity contribution >= 4 is 39.1 Å². The van der Waals surface area contributed by atoms with Gasteiger partial charge in [-0.3, -0.25) is 4.79 Å². The highest BCUT2D eigenvalue weighted by molar-refractivity contribution is 9.10. The number of hydrogen-bond donors (Lipinski definition) is 2. The molecule has 0 aromatic heterocycles. The van der Waals surface area contributed by atoms with E-state index in [0.717, 1.165) is 23.9 Å². The second kappa shape index (κ2) is 6.04. The quantitative estimate of drug-likeness (QED) is 0.872. The molecule has 98 valence electrons. The average molecular weight is 332 g/mol. The molecule has 1 aliphatic rings. The lowest BCUT2D eigenvalue weighted by Gasteiger charge is -2.29. The highest BCUT2D eigenvalue weighted by Crippen LogP contribution is 2.30. The molecular formula is C13H16BrClN2O. The van der Waals surface area contributed by atoms with Crippen LogP contribution < -0.4 is 10.6 Å². The highest BCUT2D eigenvalue weighted by Gasteiger charge is 2.27. The van der Waals surface area contributed by atoms with Crippen molar-refractivity contribution in [3.05, 3.63) is 27.7 Å². The summed E-state index contributed by atoms with van der Waals surface area (Å²) in [7, 11) is 0. The molecule has 3 nitrogen and oxygen atoms in total. The van der Waals surface area contributed by atoms with Gasteiger partial charge in [0.25, 0.3) is 0 Å². The van der Waals surface area contributed by atoms with Crippen molar-refractivity contribution in [2.45, 2.75) is 25.8 Å². The Morgan fingerprint density at radius 2 is 2.33 bits per heavy atom. The number of anilines is 1. The largest absolute Gasteiger partial charge is 0.324 e. The Bertz CT molecular complexity index is 453. The van der Waals surface area contributed by atoms with Gasteiger partial charge in [-0.15, -0.1) is 0 Å². The van der Waals surface area contributed by atoms with Crippen molar-refractivity contribution in [1.29, 1.82) is 0 Å². The molecule has 0 spiro atoms. The first kappa shape index (κ1) is 13.8. The maximum atomic E-state index is 12.2. The second-order valence-electron chi connectivity index (χ2n) is 4.64. The van der Waals surface area contributed by atoms with Crippen molar-refractivity contribution < 1.29 is 4.79 Å². The first-order valence-corrected chi connectivity index (χ1v) is 7.25. The van der Waals surface area contributed by atoms with Crippen LogP contribution in [0.25, 0.3) is 0 Å². The van der Waals surface area contributed by atoms with Crippen molar-refractivity contribution in [2.24, 2.45) is 5.92 Å². The number of hydrogen-bond acceptors (Lipinski definition) is 2. The summed E-state index contributed by atoms with van der Waals surface area (Å²) in [6, 6.07) is 5.31. The van der Waals surface area contributed by atoms with Crippen LogP contribution >= 0.6 is 27.5 Å². The van der Waals surface area contributed by atoms with Gasteiger partial charge >= 0.3 is 0 Å². The molecule has 0 saturated carbocycles. The van der Waals surface area contributed by atoms with E-state index in [4.69, 9.17) is 11.6 Å². The van der Waals surface area contributed by atoms with Crippen LogP contribution in [-0.4, -0.2) is 18.5 Å². The highest BCUT2D eigenvalue weighted by atomic mass is 79.9. The zero-order chi connectivity index (χ0) is 13.1. The van der Waals surface area contributed by atoms with Crippen LogP contribution in [-0.2, 0) is 4.79 Å². The van der Waals surface area contributed by atoms with E-state index >= 15 is 0 Å². The van der Waals surface area contributed by atoms with Gasteiger partial charge < -0.3 is 10.6 Å². The molecule has 2 atom stereocenters. The topological polar surface area (TPSA) is 41.1 Å². The third-order valence-electron chi connectivity index (χ3n) is 3.26. The monoisotopic (exact) mass is 330 g/mol. The van der Waals surface area contributed by atoms with Crippen LogP contribution in [0.2, 0.25) is 5.02 Å². The molecule has 0 aliphatic carbocycles. The molecule has 1 aliphatic heterocycles. The van der Waals surface area contributed by atoms with Crippen LogP contribution in [0.5, 0.6) is 0 Å². The van der Waals surface area contributed by atoms with Crippen molar-refractivity contribution in [3.63, 3.8) is 0 Å². The summed E-state index contributed by atoms with van der Waals surface area (Å²) in [4.78, 5) is 12.2. The van der Waals surface area contributed by atoms with Gasteiger partial charge in [-0.25, -0.2) is 0 Å². The number of carbonyl (C=O) groups is 1. The molecule has 1 aromatic carbocycles. The number of piperidine rings is 1. The fourth-order valence-corrected chi connectivity index (χ4v) is 2.75. The third kappa shape index (κ3) is 3.05. The molecule has 0 radical (unpaired) electrons. The van der Waals surface area contributed by atoms with Crippen LogP contribution in [0.15, 0.2) is 22.7 Å². The molecule has 1 fully saturated rings. The molecule has 1 heterocycles. The number of carbonyl (C=O) groups excluding carboxylic acids is 1. The third-order valence-corrected chi connectivity index (χ3v) is 4.66. The minimum absolute atomic E-state index is 0.00478. The fraction of sp³-hybridized carbons (Fsp3) is 0.462. The summed E-state index contributed by atoms with van der Waals surface area (Å²) < 4.78 is 0.725. The van der Waals surface area contributed by atoms with Gasteiger partial charge in [-0.2, -0.15) is 0 Å². The molecular weight excluding hydrogens is 316 g/mol. The summed E-state index contributed by atoms with van der Waals surface area (Å²) in [5, 5.41) is 6.78. The van der Waals surface area contributed by atoms with Gasteiger partial charge in [0.1, 0.15) is 0 Å². The van der Waals surface area contributed by atoms with Crippen molar-refractivity contribution in [2.75, 3.05) is 11.9 Å². The Morgan fingerprint density at radius 3 is 3.06 bits per heavy atom. The molecule has 2 rings (SSSR count). The molecule has 2 unspecified atom stereocenters. The van der Waals surface area contributed by atoms with E-state index < -0.39 is 0 Å². The first-order valence-electron chi connectivity index (χ1n) is 6.08. The van der Waals surface area contributed by atoms with Crippen LogP contribution in [0.1, 0.15) is 19.8 Å². The van der Waals surface area contributed by atoms with Crippen LogP contribution in [0, 0.1) is 5.92 Å². The van der Waals surface area contributed by atoms with Crippen molar-refractivity contribution in [1.82, 2.24) is 5.32 Å². The Hall–Kier alpha value is -0.580. The van der Waals surface area contributed by atoms with E-state index in [1.54, 1.807) is 6.07 Å². The summed E-state index contributed by atoms with van der Waals surface area (Å²) >= 11 is 9.38. The van der Waals surface area contributed by atoms with Gasteiger partial charge in [0, 0.05) is 0 Å². The first-order chi connectivity index (χ1) is 8.59. The number of benzene rings is 1. The second-order valence-corrected chi connectivity index (χ2v) is 5.84. The Labute approximate surface area is 120 Å². The predicted molar refractivity (Wildman–Crippen MR) is 78.0 cm³/mol. The van der Waals surface area contributed by atoms with E-state index in [1.165, 1.54) is 0 Å². The van der Waals surface area contributed by atoms with Gasteiger partial charge in [0.2, 0.25) is 5.91 Å². The lowest BCUT2D eigenvalue weighted by molar-refractivity contribution is -0.119. The normalized spacial score (nSPS) is 23.7. The summed E-state index contributed by atoms with van der Waals surface area (Å²) in [5.41, 5.74) is 0.715. The zero-order valence-corrected chi connectivity index (χ0v) is 12.5. The van der Waals surface area contributed by atoms with E-state index in [2.05, 4.69) is 33.5 Å². The van der Waals surface area contributed by atoms with Crippen LogP contribution in [0.3, 0.4) is 0 Å². The average Bonchev–Trinajstić information content (AvgIpc) is 2.35. The van der Waals surface area contributed by atoms with Gasteiger partial charge in [-0.05, 0) is 53.4 Å². The maximum Gasteiger partial charge on any atom is 0.241 e. The number of rotatable bonds is 2. The molecule has 2 N–H and O–H groups in total. The number of nitrogens with one attached hydrogen (secondary N) is 2. The molecule has 0 bridgehead atoms. The minimum atomic E-state index is -0.121. The lowest BCUT2D eigenvalue weighted by Crippen LogP contribution is -2.48. The van der Waals surface area contributed by atoms with Crippen LogP contribution in [0.4, 0.5) is 5.69 Å². The molecule has 18 heavy (non-hydrogen) atoms. The van der Waals surface area contributed by atoms with Crippen molar-refractivity contribution in [3.8, 4) is 0 Å². The Morgan fingerprint density at radius 1 is 1.56 bits per heavy atom. The Balaban J connectivity index is 2.09. The summed E-state index contributed by atoms with van der Waals surface area (Å²) in [5.74, 6) is 0.363. The fourth-order valence-electron chi connectivity index (χ4n) is 2.21. The van der Waals surface area contributed by atoms with Gasteiger partial charge in [0.15, 0.2) is 0 Å². The smallest absolute Gasteiger partial charge is 0.241 e. The molecule has 5 heteroatoms. The van der Waals surface area contributed by atoms with Gasteiger partial charge in [0.05, 0.1) is 21.2 Å². The van der Waals surface area contributed by atoms with E-state index in [1.807, 2.05) is 12.1 Å². The SMILES string of the molecule is CC1CCCNC1C(=O)Nc1cccc(Cl)c1Br.